The molecule has 1 heterocycles. The topological polar surface area (TPSA) is 66.1 Å². The van der Waals surface area contributed by atoms with Gasteiger partial charge in [0.25, 0.3) is 0 Å². The fraction of sp³-hybridized carbons (Fsp3) is 0.423. The number of aromatic nitrogens is 1. The third kappa shape index (κ3) is 6.00. The summed E-state index contributed by atoms with van der Waals surface area (Å²) in [6, 6.07) is 15.1. The van der Waals surface area contributed by atoms with Crippen molar-refractivity contribution in [2.24, 2.45) is 0 Å². The van der Waals surface area contributed by atoms with E-state index in [4.69, 9.17) is 4.74 Å². The fourth-order valence-corrected chi connectivity index (χ4v) is 4.61. The van der Waals surface area contributed by atoms with E-state index in [0.29, 0.717) is 12.6 Å². The van der Waals surface area contributed by atoms with Gasteiger partial charge in [0.1, 0.15) is 6.61 Å². The first kappa shape index (κ1) is 23.0. The van der Waals surface area contributed by atoms with E-state index in [1.54, 1.807) is 0 Å². The van der Waals surface area contributed by atoms with Gasteiger partial charge in [-0.3, -0.25) is 4.79 Å². The number of halogens is 1. The van der Waals surface area contributed by atoms with Gasteiger partial charge in [-0.05, 0) is 80.1 Å². The molecule has 0 saturated heterocycles. The summed E-state index contributed by atoms with van der Waals surface area (Å²) < 4.78 is 6.55. The number of rotatable bonds is 10. The Kier molecular flexibility index (Phi) is 8.00. The first-order chi connectivity index (χ1) is 15.6. The molecule has 0 radical (unpaired) electrons. The molecule has 1 amide bonds. The van der Waals surface area contributed by atoms with Crippen LogP contribution in [0.1, 0.15) is 43.0 Å². The molecular formula is C26H32BrN3O2. The van der Waals surface area contributed by atoms with Crippen molar-refractivity contribution < 1.29 is 9.53 Å². The Bertz CT molecular complexity index is 1050. The van der Waals surface area contributed by atoms with E-state index in [-0.39, 0.29) is 12.5 Å². The molecule has 2 aromatic carbocycles. The number of carbonyl (C=O) groups is 1. The number of nitrogens with one attached hydrogen (secondary N) is 3. The molecule has 1 aliphatic rings. The number of ether oxygens (including phenoxy) is 1. The number of benzene rings is 2. The van der Waals surface area contributed by atoms with Crippen molar-refractivity contribution in [3.63, 3.8) is 0 Å². The van der Waals surface area contributed by atoms with E-state index in [9.17, 15) is 4.79 Å². The molecule has 0 fully saturated rings. The zero-order valence-corrected chi connectivity index (χ0v) is 20.3. The smallest absolute Gasteiger partial charge is 0.250 e. The summed E-state index contributed by atoms with van der Waals surface area (Å²) in [5, 5.41) is 7.94. The van der Waals surface area contributed by atoms with E-state index in [2.05, 4.69) is 74.9 Å². The van der Waals surface area contributed by atoms with E-state index < -0.39 is 0 Å². The maximum atomic E-state index is 12.2. The van der Waals surface area contributed by atoms with Gasteiger partial charge in [-0.15, -0.1) is 0 Å². The Morgan fingerprint density at radius 3 is 2.88 bits per heavy atom. The summed E-state index contributed by atoms with van der Waals surface area (Å²) in [6.45, 7) is 3.82. The first-order valence-electron chi connectivity index (χ1n) is 11.6. The molecule has 1 aromatic heterocycles. The number of unbranched alkanes of at least 4 members (excludes halogenated alkanes) is 1. The minimum Gasteiger partial charge on any atom is -0.372 e. The number of aryl methyl sites for hydroxylation is 1. The largest absolute Gasteiger partial charge is 0.372 e. The SMILES string of the molecule is CCCCOCC(=O)Nc1ccc2[nH]c3c(c2c1)CC(NCCc1ccc(Br)cc1)CC3. The van der Waals surface area contributed by atoms with Crippen LogP contribution in [0.4, 0.5) is 5.69 Å². The second-order valence-electron chi connectivity index (χ2n) is 8.57. The van der Waals surface area contributed by atoms with Gasteiger partial charge >= 0.3 is 0 Å². The number of H-pyrrole nitrogens is 1. The molecule has 0 spiro atoms. The third-order valence-corrected chi connectivity index (χ3v) is 6.64. The van der Waals surface area contributed by atoms with Crippen molar-refractivity contribution in [1.29, 1.82) is 0 Å². The minimum atomic E-state index is -0.0997. The minimum absolute atomic E-state index is 0.0997. The van der Waals surface area contributed by atoms with Crippen LogP contribution in [0.2, 0.25) is 0 Å². The Morgan fingerprint density at radius 1 is 1.22 bits per heavy atom. The van der Waals surface area contributed by atoms with Crippen LogP contribution in [0.25, 0.3) is 10.9 Å². The highest BCUT2D eigenvalue weighted by Crippen LogP contribution is 2.31. The third-order valence-electron chi connectivity index (χ3n) is 6.11. The molecule has 0 saturated carbocycles. The number of anilines is 1. The highest BCUT2D eigenvalue weighted by atomic mass is 79.9. The molecule has 1 unspecified atom stereocenters. The van der Waals surface area contributed by atoms with Gasteiger partial charge < -0.3 is 20.4 Å². The molecule has 4 rings (SSSR count). The van der Waals surface area contributed by atoms with Gasteiger partial charge in [0.2, 0.25) is 5.91 Å². The maximum absolute atomic E-state index is 12.2. The van der Waals surface area contributed by atoms with Crippen molar-refractivity contribution in [3.8, 4) is 0 Å². The van der Waals surface area contributed by atoms with Gasteiger partial charge in [0.05, 0.1) is 0 Å². The maximum Gasteiger partial charge on any atom is 0.250 e. The van der Waals surface area contributed by atoms with Gasteiger partial charge in [-0.2, -0.15) is 0 Å². The number of hydrogen-bond donors (Lipinski definition) is 3. The zero-order valence-electron chi connectivity index (χ0n) is 18.7. The molecule has 32 heavy (non-hydrogen) atoms. The zero-order chi connectivity index (χ0) is 22.3. The monoisotopic (exact) mass is 497 g/mol. The number of fused-ring (bicyclic) bond motifs is 3. The van der Waals surface area contributed by atoms with Crippen molar-refractivity contribution >= 4 is 38.4 Å². The molecule has 6 heteroatoms. The van der Waals surface area contributed by atoms with Gasteiger partial charge in [-0.1, -0.05) is 41.4 Å². The summed E-state index contributed by atoms with van der Waals surface area (Å²) in [4.78, 5) is 15.8. The van der Waals surface area contributed by atoms with Crippen LogP contribution in [0.3, 0.4) is 0 Å². The highest BCUT2D eigenvalue weighted by Gasteiger charge is 2.22. The average molecular weight is 498 g/mol. The predicted molar refractivity (Wildman–Crippen MR) is 134 cm³/mol. The van der Waals surface area contributed by atoms with Crippen LogP contribution in [0.5, 0.6) is 0 Å². The fourth-order valence-electron chi connectivity index (χ4n) is 4.35. The molecule has 1 aliphatic carbocycles. The van der Waals surface area contributed by atoms with E-state index >= 15 is 0 Å². The van der Waals surface area contributed by atoms with Crippen LogP contribution in [-0.2, 0) is 28.8 Å². The molecule has 3 aromatic rings. The van der Waals surface area contributed by atoms with Crippen LogP contribution in [-0.4, -0.2) is 36.7 Å². The van der Waals surface area contributed by atoms with E-state index in [1.807, 2.05) is 6.07 Å². The molecule has 5 nitrogen and oxygen atoms in total. The highest BCUT2D eigenvalue weighted by molar-refractivity contribution is 9.10. The summed E-state index contributed by atoms with van der Waals surface area (Å²) in [6.07, 6.45) is 6.27. The summed E-state index contributed by atoms with van der Waals surface area (Å²) in [7, 11) is 0. The number of aromatic amines is 1. The second kappa shape index (κ2) is 11.1. The van der Waals surface area contributed by atoms with Crippen molar-refractivity contribution in [2.75, 3.05) is 25.1 Å². The van der Waals surface area contributed by atoms with Crippen LogP contribution in [0.15, 0.2) is 46.9 Å². The number of hydrogen-bond acceptors (Lipinski definition) is 3. The Morgan fingerprint density at radius 2 is 2.06 bits per heavy atom. The standard InChI is InChI=1S/C26H32BrN3O2/c1-2-3-14-32-17-26(31)29-21-9-11-25-23(16-21)22-15-20(8-10-24(22)30-25)28-13-12-18-4-6-19(27)7-5-18/h4-7,9,11,16,20,28,30H,2-3,8,10,12-15,17H2,1H3,(H,29,31). The van der Waals surface area contributed by atoms with Crippen molar-refractivity contribution in [2.45, 2.75) is 51.5 Å². The molecule has 170 valence electrons. The summed E-state index contributed by atoms with van der Waals surface area (Å²) in [5.74, 6) is -0.0997. The molecule has 1 atom stereocenters. The molecule has 3 N–H and O–H groups in total. The lowest BCUT2D eigenvalue weighted by Gasteiger charge is -2.24. The lowest BCUT2D eigenvalue weighted by atomic mass is 9.91. The van der Waals surface area contributed by atoms with Crippen LogP contribution >= 0.6 is 15.9 Å². The number of carbonyl (C=O) groups excluding carboxylic acids is 1. The summed E-state index contributed by atoms with van der Waals surface area (Å²) >= 11 is 3.49. The van der Waals surface area contributed by atoms with Gasteiger partial charge in [0, 0.05) is 39.4 Å². The first-order valence-corrected chi connectivity index (χ1v) is 12.4. The van der Waals surface area contributed by atoms with Crippen LogP contribution in [0, 0.1) is 0 Å². The average Bonchev–Trinajstić information content (AvgIpc) is 3.15. The Hall–Kier alpha value is -2.15. The Balaban J connectivity index is 1.35. The molecular weight excluding hydrogens is 466 g/mol. The van der Waals surface area contributed by atoms with Gasteiger partial charge in [-0.25, -0.2) is 0 Å². The lowest BCUT2D eigenvalue weighted by molar-refractivity contribution is -0.120. The second-order valence-corrected chi connectivity index (χ2v) is 9.48. The van der Waals surface area contributed by atoms with E-state index in [0.717, 1.165) is 60.7 Å². The van der Waals surface area contributed by atoms with Crippen LogP contribution < -0.4 is 10.6 Å². The molecule has 0 aliphatic heterocycles. The molecule has 0 bridgehead atoms. The normalized spacial score (nSPS) is 15.6. The summed E-state index contributed by atoms with van der Waals surface area (Å²) in [5.41, 5.74) is 6.03. The predicted octanol–water partition coefficient (Wildman–Crippen LogP) is 5.38. The van der Waals surface area contributed by atoms with Crippen molar-refractivity contribution in [1.82, 2.24) is 10.3 Å². The lowest BCUT2D eigenvalue weighted by Crippen LogP contribution is -2.35. The Labute approximate surface area is 198 Å². The van der Waals surface area contributed by atoms with Gasteiger partial charge in [0.15, 0.2) is 0 Å². The van der Waals surface area contributed by atoms with Crippen molar-refractivity contribution in [3.05, 3.63) is 63.8 Å². The number of amides is 1. The van der Waals surface area contributed by atoms with E-state index in [1.165, 1.54) is 22.2 Å². The quantitative estimate of drug-likeness (QED) is 0.329.